The van der Waals surface area contributed by atoms with Crippen LogP contribution in [0.25, 0.3) is 0 Å². The van der Waals surface area contributed by atoms with Crippen LogP contribution in [0.3, 0.4) is 0 Å². The van der Waals surface area contributed by atoms with Gasteiger partial charge in [0, 0.05) is 4.88 Å². The first-order chi connectivity index (χ1) is 8.66. The molecule has 1 aromatic carbocycles. The molecule has 1 aromatic heterocycles. The fraction of sp³-hybridized carbons (Fsp3) is 0. The third kappa shape index (κ3) is 3.18. The Bertz CT molecular complexity index is 595. The smallest absolute Gasteiger partial charge is 0.275 e. The van der Waals surface area contributed by atoms with Gasteiger partial charge < -0.3 is 5.11 Å². The molecule has 2 aromatic rings. The molecule has 0 bridgehead atoms. The van der Waals surface area contributed by atoms with Crippen LogP contribution in [0.1, 0.15) is 15.2 Å². The van der Waals surface area contributed by atoms with Crippen molar-refractivity contribution in [2.75, 3.05) is 0 Å². The molecule has 2 N–H and O–H groups in total. The summed E-state index contributed by atoms with van der Waals surface area (Å²) in [5, 5.41) is 13.3. The summed E-state index contributed by atoms with van der Waals surface area (Å²) < 4.78 is 0.996. The van der Waals surface area contributed by atoms with E-state index in [1.807, 2.05) is 12.1 Å². The highest BCUT2D eigenvalue weighted by Gasteiger charge is 2.08. The van der Waals surface area contributed by atoms with Gasteiger partial charge in [0.05, 0.1) is 15.6 Å². The maximum absolute atomic E-state index is 11.7. The molecule has 2 rings (SSSR count). The quantitative estimate of drug-likeness (QED) is 0.673. The Morgan fingerprint density at radius 3 is 2.78 bits per heavy atom. The Hall–Kier alpha value is -1.66. The first kappa shape index (κ1) is 12.8. The lowest BCUT2D eigenvalue weighted by molar-refractivity contribution is 0.0952. The lowest BCUT2D eigenvalue weighted by Crippen LogP contribution is -2.17. The minimum absolute atomic E-state index is 0.0657. The number of hydrogen-bond acceptors (Lipinski definition) is 4. The van der Waals surface area contributed by atoms with Gasteiger partial charge in [-0.3, -0.25) is 4.79 Å². The van der Waals surface area contributed by atoms with Crippen molar-refractivity contribution in [3.63, 3.8) is 0 Å². The van der Waals surface area contributed by atoms with E-state index in [1.165, 1.54) is 23.5 Å². The number of thiophene rings is 1. The minimum Gasteiger partial charge on any atom is -0.507 e. The van der Waals surface area contributed by atoms with Crippen molar-refractivity contribution in [1.29, 1.82) is 0 Å². The van der Waals surface area contributed by atoms with Gasteiger partial charge in [0.15, 0.2) is 0 Å². The number of hydrazone groups is 1. The van der Waals surface area contributed by atoms with Gasteiger partial charge >= 0.3 is 0 Å². The molecule has 92 valence electrons. The van der Waals surface area contributed by atoms with Crippen molar-refractivity contribution >= 4 is 39.4 Å². The van der Waals surface area contributed by atoms with E-state index in [4.69, 9.17) is 0 Å². The lowest BCUT2D eigenvalue weighted by Gasteiger charge is -2.01. The van der Waals surface area contributed by atoms with E-state index in [9.17, 15) is 9.90 Å². The molecule has 0 aliphatic rings. The summed E-state index contributed by atoms with van der Waals surface area (Å²) in [4.78, 5) is 12.6. The number of nitrogens with one attached hydrogen (secondary N) is 1. The number of halogens is 1. The molecule has 0 fully saturated rings. The zero-order valence-corrected chi connectivity index (χ0v) is 11.5. The van der Waals surface area contributed by atoms with Crippen LogP contribution in [0.15, 0.2) is 45.3 Å². The van der Waals surface area contributed by atoms with E-state index >= 15 is 0 Å². The topological polar surface area (TPSA) is 61.7 Å². The number of amides is 1. The SMILES string of the molecule is O=C(N/N=C\c1ccc(Br)s1)c1ccccc1O. The Labute approximate surface area is 116 Å². The number of phenols is 1. The second-order valence-electron chi connectivity index (χ2n) is 3.36. The molecule has 0 saturated heterocycles. The molecule has 1 heterocycles. The summed E-state index contributed by atoms with van der Waals surface area (Å²) in [6.45, 7) is 0. The molecule has 0 atom stereocenters. The standard InChI is InChI=1S/C12H9BrN2O2S/c13-11-6-5-8(18-11)7-14-15-12(17)9-3-1-2-4-10(9)16/h1-7,16H,(H,15,17)/b14-7-. The maximum Gasteiger partial charge on any atom is 0.275 e. The fourth-order valence-electron chi connectivity index (χ4n) is 1.28. The molecule has 0 spiro atoms. The van der Waals surface area contributed by atoms with E-state index < -0.39 is 5.91 Å². The molecule has 1 amide bonds. The molecular weight excluding hydrogens is 316 g/mol. The normalized spacial score (nSPS) is 10.7. The van der Waals surface area contributed by atoms with Crippen molar-refractivity contribution in [2.45, 2.75) is 0 Å². The van der Waals surface area contributed by atoms with Gasteiger partial charge in [0.25, 0.3) is 5.91 Å². The fourth-order valence-corrected chi connectivity index (χ4v) is 2.57. The monoisotopic (exact) mass is 324 g/mol. The summed E-state index contributed by atoms with van der Waals surface area (Å²) in [5.41, 5.74) is 2.56. The lowest BCUT2D eigenvalue weighted by atomic mass is 10.2. The van der Waals surface area contributed by atoms with Gasteiger partial charge in [-0.2, -0.15) is 5.10 Å². The average Bonchev–Trinajstić information content (AvgIpc) is 2.75. The van der Waals surface area contributed by atoms with E-state index in [0.29, 0.717) is 0 Å². The zero-order valence-electron chi connectivity index (χ0n) is 9.13. The molecule has 0 saturated carbocycles. The molecule has 4 nitrogen and oxygen atoms in total. The van der Waals surface area contributed by atoms with Crippen LogP contribution in [0.5, 0.6) is 5.75 Å². The number of aromatic hydroxyl groups is 1. The van der Waals surface area contributed by atoms with Crippen molar-refractivity contribution < 1.29 is 9.90 Å². The number of nitrogens with zero attached hydrogens (tertiary/aromatic N) is 1. The molecule has 18 heavy (non-hydrogen) atoms. The Kier molecular flexibility index (Phi) is 4.11. The molecule has 6 heteroatoms. The molecule has 0 radical (unpaired) electrons. The highest BCUT2D eigenvalue weighted by Crippen LogP contribution is 2.20. The van der Waals surface area contributed by atoms with E-state index in [2.05, 4.69) is 26.5 Å². The van der Waals surface area contributed by atoms with Gasteiger partial charge in [-0.25, -0.2) is 5.43 Å². The number of benzene rings is 1. The van der Waals surface area contributed by atoms with E-state index in [0.717, 1.165) is 8.66 Å². The third-order valence-electron chi connectivity index (χ3n) is 2.10. The molecular formula is C12H9BrN2O2S. The van der Waals surface area contributed by atoms with Gasteiger partial charge in [0.2, 0.25) is 0 Å². The number of carbonyl (C=O) groups is 1. The average molecular weight is 325 g/mol. The van der Waals surface area contributed by atoms with Crippen molar-refractivity contribution in [1.82, 2.24) is 5.43 Å². The van der Waals surface area contributed by atoms with Crippen molar-refractivity contribution in [3.8, 4) is 5.75 Å². The summed E-state index contributed by atoms with van der Waals surface area (Å²) in [7, 11) is 0. The Balaban J connectivity index is 2.01. The number of para-hydroxylation sites is 1. The van der Waals surface area contributed by atoms with E-state index in [-0.39, 0.29) is 11.3 Å². The highest BCUT2D eigenvalue weighted by molar-refractivity contribution is 9.11. The van der Waals surface area contributed by atoms with Gasteiger partial charge in [-0.15, -0.1) is 11.3 Å². The largest absolute Gasteiger partial charge is 0.507 e. The van der Waals surface area contributed by atoms with Crippen LogP contribution < -0.4 is 5.43 Å². The van der Waals surface area contributed by atoms with Gasteiger partial charge in [0.1, 0.15) is 5.75 Å². The van der Waals surface area contributed by atoms with Gasteiger partial charge in [-0.1, -0.05) is 12.1 Å². The minimum atomic E-state index is -0.444. The van der Waals surface area contributed by atoms with Crippen molar-refractivity contribution in [3.05, 3.63) is 50.6 Å². The second-order valence-corrected chi connectivity index (χ2v) is 5.85. The maximum atomic E-state index is 11.7. The van der Waals surface area contributed by atoms with Crippen LogP contribution in [0.4, 0.5) is 0 Å². The first-order valence-corrected chi connectivity index (χ1v) is 6.64. The Morgan fingerprint density at radius 1 is 1.33 bits per heavy atom. The molecule has 0 unspecified atom stereocenters. The van der Waals surface area contributed by atoms with Crippen LogP contribution in [0.2, 0.25) is 0 Å². The summed E-state index contributed by atoms with van der Waals surface area (Å²) in [6.07, 6.45) is 1.55. The van der Waals surface area contributed by atoms with Gasteiger partial charge in [-0.05, 0) is 40.2 Å². The number of phenolic OH excluding ortho intramolecular Hbond substituents is 1. The van der Waals surface area contributed by atoms with Crippen molar-refractivity contribution in [2.24, 2.45) is 5.10 Å². The highest BCUT2D eigenvalue weighted by atomic mass is 79.9. The molecule has 0 aliphatic heterocycles. The van der Waals surface area contributed by atoms with Crippen LogP contribution in [0, 0.1) is 0 Å². The van der Waals surface area contributed by atoms with Crippen LogP contribution in [-0.4, -0.2) is 17.2 Å². The summed E-state index contributed by atoms with van der Waals surface area (Å²) in [6, 6.07) is 10.1. The third-order valence-corrected chi connectivity index (χ3v) is 3.66. The van der Waals surface area contributed by atoms with Crippen LogP contribution >= 0.6 is 27.3 Å². The van der Waals surface area contributed by atoms with Crippen LogP contribution in [-0.2, 0) is 0 Å². The zero-order chi connectivity index (χ0) is 13.0. The predicted octanol–water partition coefficient (Wildman–Crippen LogP) is 2.98. The number of hydrogen-bond donors (Lipinski definition) is 2. The van der Waals surface area contributed by atoms with E-state index in [1.54, 1.807) is 18.3 Å². The number of rotatable bonds is 3. The number of carbonyl (C=O) groups excluding carboxylic acids is 1. The molecule has 0 aliphatic carbocycles. The summed E-state index contributed by atoms with van der Waals surface area (Å²) >= 11 is 4.84. The predicted molar refractivity (Wildman–Crippen MR) is 75.2 cm³/mol. The first-order valence-electron chi connectivity index (χ1n) is 5.03. The Morgan fingerprint density at radius 2 is 2.11 bits per heavy atom. The second kappa shape index (κ2) is 5.79. The summed E-state index contributed by atoms with van der Waals surface area (Å²) in [5.74, 6) is -0.510.